The zero-order valence-electron chi connectivity index (χ0n) is 18.6. The third-order valence-electron chi connectivity index (χ3n) is 6.66. The number of oxazole rings is 1. The summed E-state index contributed by atoms with van der Waals surface area (Å²) in [4.78, 5) is 21.7. The highest BCUT2D eigenvalue weighted by Crippen LogP contribution is 2.50. The first-order valence-corrected chi connectivity index (χ1v) is 12.6. The number of aromatic nitrogens is 3. The first kappa shape index (κ1) is 21.8. The van der Waals surface area contributed by atoms with Crippen molar-refractivity contribution >= 4 is 15.9 Å². The molecule has 1 saturated carbocycles. The minimum atomic E-state index is -3.37. The van der Waals surface area contributed by atoms with Crippen LogP contribution < -0.4 is 5.32 Å². The van der Waals surface area contributed by atoms with E-state index < -0.39 is 15.4 Å². The second-order valence-corrected chi connectivity index (χ2v) is 11.0. The van der Waals surface area contributed by atoms with Crippen LogP contribution in [0.1, 0.15) is 40.6 Å². The fraction of sp³-hybridized carbons (Fsp3) is 0.455. The molecule has 0 bridgehead atoms. The van der Waals surface area contributed by atoms with E-state index in [9.17, 15) is 13.2 Å². The number of nitrogens with zero attached hydrogens (tertiary/aromatic N) is 4. The molecule has 1 aliphatic heterocycles. The number of carbonyl (C=O) groups is 1. The number of amides is 1. The van der Waals surface area contributed by atoms with Crippen LogP contribution in [0.2, 0.25) is 0 Å². The SMILES string of the molecule is Cc1cccc(-c2ocnc2C(=O)N[C@@H]2CC3CN(S(C)(=O)=O)C[C@@]3(c3nc(C)no3)C2)c1. The molecule has 1 N–H and O–H groups in total. The Labute approximate surface area is 191 Å². The van der Waals surface area contributed by atoms with Gasteiger partial charge in [-0.2, -0.15) is 4.98 Å². The number of benzene rings is 1. The van der Waals surface area contributed by atoms with Gasteiger partial charge in [0, 0.05) is 24.7 Å². The van der Waals surface area contributed by atoms with Crippen LogP contribution in [0.25, 0.3) is 11.3 Å². The van der Waals surface area contributed by atoms with Gasteiger partial charge >= 0.3 is 0 Å². The van der Waals surface area contributed by atoms with Crippen molar-refractivity contribution in [1.29, 1.82) is 0 Å². The molecule has 1 aliphatic carbocycles. The Hall–Kier alpha value is -3.05. The average molecular weight is 472 g/mol. The van der Waals surface area contributed by atoms with Crippen LogP contribution in [0.15, 0.2) is 39.6 Å². The van der Waals surface area contributed by atoms with Crippen molar-refractivity contribution in [3.05, 3.63) is 53.6 Å². The van der Waals surface area contributed by atoms with Gasteiger partial charge in [0.05, 0.1) is 11.7 Å². The Morgan fingerprint density at radius 1 is 1.30 bits per heavy atom. The van der Waals surface area contributed by atoms with Crippen molar-refractivity contribution in [2.45, 2.75) is 38.1 Å². The molecule has 2 aromatic heterocycles. The van der Waals surface area contributed by atoms with Crippen molar-refractivity contribution in [2.24, 2.45) is 5.92 Å². The van der Waals surface area contributed by atoms with Gasteiger partial charge in [-0.05, 0) is 38.7 Å². The van der Waals surface area contributed by atoms with E-state index in [0.717, 1.165) is 11.1 Å². The molecule has 3 aromatic rings. The summed E-state index contributed by atoms with van der Waals surface area (Å²) >= 11 is 0. The minimum Gasteiger partial charge on any atom is -0.443 e. The van der Waals surface area contributed by atoms with Crippen molar-refractivity contribution in [1.82, 2.24) is 24.7 Å². The van der Waals surface area contributed by atoms with Gasteiger partial charge in [0.2, 0.25) is 15.9 Å². The van der Waals surface area contributed by atoms with Crippen molar-refractivity contribution in [3.8, 4) is 11.3 Å². The molecule has 1 saturated heterocycles. The smallest absolute Gasteiger partial charge is 0.274 e. The van der Waals surface area contributed by atoms with Gasteiger partial charge in [-0.3, -0.25) is 4.79 Å². The zero-order valence-corrected chi connectivity index (χ0v) is 19.4. The van der Waals surface area contributed by atoms with Gasteiger partial charge in [-0.15, -0.1) is 0 Å². The summed E-state index contributed by atoms with van der Waals surface area (Å²) in [5, 5.41) is 6.99. The largest absolute Gasteiger partial charge is 0.443 e. The quantitative estimate of drug-likeness (QED) is 0.598. The molecule has 3 heterocycles. The van der Waals surface area contributed by atoms with Crippen LogP contribution in [0.3, 0.4) is 0 Å². The number of aryl methyl sites for hydroxylation is 2. The third-order valence-corrected chi connectivity index (χ3v) is 7.88. The number of rotatable bonds is 5. The van der Waals surface area contributed by atoms with Crippen LogP contribution in [0.4, 0.5) is 0 Å². The molecular formula is C22H25N5O5S. The first-order chi connectivity index (χ1) is 15.7. The maximum atomic E-state index is 13.1. The van der Waals surface area contributed by atoms with Crippen molar-refractivity contribution in [2.75, 3.05) is 19.3 Å². The standard InChI is InChI=1S/C22H25N5O5S/c1-13-5-4-6-15(7-13)19-18(23-12-31-19)20(28)25-17-8-16-10-27(33(3,29)30)11-22(16,9-17)21-24-14(2)26-32-21/h4-7,12,16-17H,8-11H2,1-3H3,(H,25,28)/t16?,17-,22+/m1/s1. The van der Waals surface area contributed by atoms with Gasteiger partial charge in [-0.1, -0.05) is 28.9 Å². The Bertz CT molecular complexity index is 1320. The summed E-state index contributed by atoms with van der Waals surface area (Å²) in [6.07, 6.45) is 3.56. The van der Waals surface area contributed by atoms with Crippen molar-refractivity contribution < 1.29 is 22.2 Å². The third kappa shape index (κ3) is 3.84. The zero-order chi connectivity index (χ0) is 23.4. The van der Waals surface area contributed by atoms with Gasteiger partial charge < -0.3 is 14.3 Å². The molecular weight excluding hydrogens is 446 g/mol. The van der Waals surface area contributed by atoms with Gasteiger partial charge in [0.1, 0.15) is 0 Å². The predicted octanol–water partition coefficient (Wildman–Crippen LogP) is 2.06. The first-order valence-electron chi connectivity index (χ1n) is 10.7. The molecule has 11 heteroatoms. The van der Waals surface area contributed by atoms with E-state index in [0.29, 0.717) is 36.9 Å². The molecule has 0 radical (unpaired) electrons. The van der Waals surface area contributed by atoms with Gasteiger partial charge in [0.25, 0.3) is 5.91 Å². The summed E-state index contributed by atoms with van der Waals surface area (Å²) in [6, 6.07) is 7.48. The lowest BCUT2D eigenvalue weighted by atomic mass is 9.80. The molecule has 3 atom stereocenters. The molecule has 1 aromatic carbocycles. The molecule has 2 aliphatic rings. The van der Waals surface area contributed by atoms with Crippen LogP contribution in [-0.4, -0.2) is 59.1 Å². The lowest BCUT2D eigenvalue weighted by Crippen LogP contribution is -2.39. The van der Waals surface area contributed by atoms with Crippen LogP contribution >= 0.6 is 0 Å². The maximum Gasteiger partial charge on any atom is 0.274 e. The van der Waals surface area contributed by atoms with Gasteiger partial charge in [0.15, 0.2) is 23.7 Å². The fourth-order valence-corrected chi connectivity index (χ4v) is 6.09. The topological polar surface area (TPSA) is 131 Å². The monoisotopic (exact) mass is 471 g/mol. The Morgan fingerprint density at radius 2 is 2.12 bits per heavy atom. The number of hydrogen-bond donors (Lipinski definition) is 1. The number of carbonyl (C=O) groups excluding carboxylic acids is 1. The van der Waals surface area contributed by atoms with E-state index in [2.05, 4.69) is 20.4 Å². The summed E-state index contributed by atoms with van der Waals surface area (Å²) in [5.41, 5.74) is 1.41. The Morgan fingerprint density at radius 3 is 2.82 bits per heavy atom. The number of fused-ring (bicyclic) bond motifs is 1. The lowest BCUT2D eigenvalue weighted by Gasteiger charge is -2.24. The second-order valence-electron chi connectivity index (χ2n) is 9.07. The highest BCUT2D eigenvalue weighted by atomic mass is 32.2. The highest BCUT2D eigenvalue weighted by Gasteiger charge is 2.59. The van der Waals surface area contributed by atoms with E-state index in [1.807, 2.05) is 31.2 Å². The van der Waals surface area contributed by atoms with Crippen LogP contribution in [-0.2, 0) is 15.4 Å². The fourth-order valence-electron chi connectivity index (χ4n) is 5.17. The highest BCUT2D eigenvalue weighted by molar-refractivity contribution is 7.88. The normalized spacial score (nSPS) is 25.3. The summed E-state index contributed by atoms with van der Waals surface area (Å²) in [7, 11) is -3.37. The van der Waals surface area contributed by atoms with E-state index >= 15 is 0 Å². The molecule has 5 rings (SSSR count). The van der Waals surface area contributed by atoms with Crippen LogP contribution in [0, 0.1) is 19.8 Å². The second kappa shape index (κ2) is 7.77. The van der Waals surface area contributed by atoms with Crippen LogP contribution in [0.5, 0.6) is 0 Å². The molecule has 0 spiro atoms. The summed E-state index contributed by atoms with van der Waals surface area (Å²) in [6.45, 7) is 4.30. The maximum absolute atomic E-state index is 13.1. The summed E-state index contributed by atoms with van der Waals surface area (Å²) < 4.78 is 36.9. The molecule has 1 amide bonds. The molecule has 174 valence electrons. The van der Waals surface area contributed by atoms with Crippen molar-refractivity contribution in [3.63, 3.8) is 0 Å². The Balaban J connectivity index is 1.39. The molecule has 1 unspecified atom stereocenters. The lowest BCUT2D eigenvalue weighted by molar-refractivity contribution is 0.0930. The number of hydrogen-bond acceptors (Lipinski definition) is 8. The minimum absolute atomic E-state index is 0.0501. The van der Waals surface area contributed by atoms with E-state index in [1.165, 1.54) is 17.0 Å². The van der Waals surface area contributed by atoms with Gasteiger partial charge in [-0.25, -0.2) is 17.7 Å². The molecule has 10 nitrogen and oxygen atoms in total. The van der Waals surface area contributed by atoms with E-state index in [-0.39, 0.29) is 30.1 Å². The summed E-state index contributed by atoms with van der Waals surface area (Å²) in [5.74, 6) is 0.955. The predicted molar refractivity (Wildman–Crippen MR) is 118 cm³/mol. The molecule has 2 fully saturated rings. The van der Waals surface area contributed by atoms with E-state index in [4.69, 9.17) is 8.94 Å². The Kier molecular flexibility index (Phi) is 5.13. The molecule has 33 heavy (non-hydrogen) atoms. The average Bonchev–Trinajstić information content (AvgIpc) is 3.49. The number of sulfonamides is 1. The van der Waals surface area contributed by atoms with E-state index in [1.54, 1.807) is 6.92 Å². The number of nitrogens with one attached hydrogen (secondary N) is 1.